The van der Waals surface area contributed by atoms with Crippen LogP contribution in [0.15, 0.2) is 18.3 Å². The molecule has 1 saturated carbocycles. The highest BCUT2D eigenvalue weighted by Gasteiger charge is 2.33. The van der Waals surface area contributed by atoms with Crippen LogP contribution in [0.3, 0.4) is 0 Å². The van der Waals surface area contributed by atoms with Crippen molar-refractivity contribution in [2.45, 2.75) is 44.6 Å². The maximum atomic E-state index is 4.94. The summed E-state index contributed by atoms with van der Waals surface area (Å²) in [5.41, 5.74) is 2.17. The Hall–Kier alpha value is -1.42. The van der Waals surface area contributed by atoms with E-state index in [0.29, 0.717) is 12.0 Å². The van der Waals surface area contributed by atoms with Crippen LogP contribution in [0.25, 0.3) is 11.2 Å². The molecule has 4 heteroatoms. The zero-order valence-electron chi connectivity index (χ0n) is 12.1. The second kappa shape index (κ2) is 4.85. The highest BCUT2D eigenvalue weighted by atomic mass is 15.2. The smallest absolute Gasteiger partial charge is 0.160 e. The van der Waals surface area contributed by atoms with E-state index in [1.807, 2.05) is 12.3 Å². The normalized spacial score (nSPS) is 24.4. The highest BCUT2D eigenvalue weighted by molar-refractivity contribution is 5.71. The van der Waals surface area contributed by atoms with E-state index in [4.69, 9.17) is 4.98 Å². The zero-order chi connectivity index (χ0) is 13.5. The molecule has 0 N–H and O–H groups in total. The fourth-order valence-electron chi connectivity index (χ4n) is 3.48. The molecule has 4 nitrogen and oxygen atoms in total. The summed E-state index contributed by atoms with van der Waals surface area (Å²) in [6.45, 7) is 5.81. The van der Waals surface area contributed by atoms with Crippen LogP contribution in [0.2, 0.25) is 0 Å². The Labute approximate surface area is 119 Å². The molecular formula is C16H22N4. The third-order valence-corrected chi connectivity index (χ3v) is 4.71. The van der Waals surface area contributed by atoms with Crippen molar-refractivity contribution in [1.82, 2.24) is 19.4 Å². The average Bonchev–Trinajstić information content (AvgIpc) is 3.27. The van der Waals surface area contributed by atoms with Crippen LogP contribution in [0.1, 0.15) is 50.4 Å². The molecule has 2 fully saturated rings. The zero-order valence-corrected chi connectivity index (χ0v) is 12.1. The summed E-state index contributed by atoms with van der Waals surface area (Å²) in [6.07, 6.45) is 7.04. The van der Waals surface area contributed by atoms with Gasteiger partial charge in [-0.15, -0.1) is 0 Å². The summed E-state index contributed by atoms with van der Waals surface area (Å²) < 4.78 is 2.44. The van der Waals surface area contributed by atoms with Gasteiger partial charge in [-0.25, -0.2) is 9.97 Å². The van der Waals surface area contributed by atoms with Crippen LogP contribution in [0.5, 0.6) is 0 Å². The molecule has 1 unspecified atom stereocenters. The molecule has 0 aromatic carbocycles. The van der Waals surface area contributed by atoms with Crippen molar-refractivity contribution in [3.05, 3.63) is 24.2 Å². The molecule has 2 aromatic rings. The predicted octanol–water partition coefficient (Wildman–Crippen LogP) is 2.97. The SMILES string of the molecule is CCN1CCCC(c2nc3cccnc3n2C2CC2)C1. The quantitative estimate of drug-likeness (QED) is 0.860. The minimum Gasteiger partial charge on any atom is -0.309 e. The van der Waals surface area contributed by atoms with Gasteiger partial charge in [-0.3, -0.25) is 0 Å². The van der Waals surface area contributed by atoms with Gasteiger partial charge in [0.05, 0.1) is 0 Å². The van der Waals surface area contributed by atoms with Gasteiger partial charge in [-0.1, -0.05) is 6.92 Å². The monoisotopic (exact) mass is 270 g/mol. The third-order valence-electron chi connectivity index (χ3n) is 4.71. The molecule has 0 radical (unpaired) electrons. The number of imidazole rings is 1. The van der Waals surface area contributed by atoms with Crippen LogP contribution in [0.4, 0.5) is 0 Å². The summed E-state index contributed by atoms with van der Waals surface area (Å²) in [6, 6.07) is 4.75. The van der Waals surface area contributed by atoms with Gasteiger partial charge in [0.15, 0.2) is 5.65 Å². The first-order chi connectivity index (χ1) is 9.86. The van der Waals surface area contributed by atoms with Gasteiger partial charge in [-0.05, 0) is 50.9 Å². The van der Waals surface area contributed by atoms with Gasteiger partial charge in [0.2, 0.25) is 0 Å². The summed E-state index contributed by atoms with van der Waals surface area (Å²) in [5, 5.41) is 0. The fraction of sp³-hybridized carbons (Fsp3) is 0.625. The Morgan fingerprint density at radius 1 is 1.30 bits per heavy atom. The topological polar surface area (TPSA) is 34.0 Å². The van der Waals surface area contributed by atoms with Crippen molar-refractivity contribution in [1.29, 1.82) is 0 Å². The molecule has 3 heterocycles. The van der Waals surface area contributed by atoms with Crippen LogP contribution < -0.4 is 0 Å². The largest absolute Gasteiger partial charge is 0.309 e. The van der Waals surface area contributed by atoms with Crippen LogP contribution in [-0.2, 0) is 0 Å². The minimum absolute atomic E-state index is 0.582. The number of hydrogen-bond acceptors (Lipinski definition) is 3. The molecule has 1 aliphatic carbocycles. The van der Waals surface area contributed by atoms with E-state index >= 15 is 0 Å². The van der Waals surface area contributed by atoms with Gasteiger partial charge in [0, 0.05) is 24.7 Å². The lowest BCUT2D eigenvalue weighted by Gasteiger charge is -2.31. The second-order valence-electron chi connectivity index (χ2n) is 6.15. The number of nitrogens with zero attached hydrogens (tertiary/aromatic N) is 4. The lowest BCUT2D eigenvalue weighted by Crippen LogP contribution is -2.35. The number of aromatic nitrogens is 3. The van der Waals surface area contributed by atoms with Crippen molar-refractivity contribution in [2.75, 3.05) is 19.6 Å². The lowest BCUT2D eigenvalue weighted by molar-refractivity contribution is 0.212. The Balaban J connectivity index is 1.76. The first-order valence-corrected chi connectivity index (χ1v) is 7.92. The standard InChI is InChI=1S/C16H22N4/c1-2-19-10-4-5-12(11-19)15-18-14-6-3-9-17-16(14)20(15)13-7-8-13/h3,6,9,12-13H,2,4-5,7-8,10-11H2,1H3. The van der Waals surface area contributed by atoms with Crippen LogP contribution >= 0.6 is 0 Å². The molecule has 2 aromatic heterocycles. The van der Waals surface area contributed by atoms with Crippen molar-refractivity contribution in [3.8, 4) is 0 Å². The summed E-state index contributed by atoms with van der Waals surface area (Å²) in [4.78, 5) is 12.1. The van der Waals surface area contributed by atoms with E-state index in [1.165, 1.54) is 38.1 Å². The number of piperidine rings is 1. The summed E-state index contributed by atoms with van der Waals surface area (Å²) in [5.74, 6) is 1.87. The first-order valence-electron chi connectivity index (χ1n) is 7.92. The van der Waals surface area contributed by atoms with Gasteiger partial charge in [0.25, 0.3) is 0 Å². The Bertz CT molecular complexity index is 614. The first kappa shape index (κ1) is 12.3. The van der Waals surface area contributed by atoms with Crippen molar-refractivity contribution >= 4 is 11.2 Å². The number of hydrogen-bond donors (Lipinski definition) is 0. The number of likely N-dealkylation sites (N-methyl/N-ethyl adjacent to an activating group) is 1. The van der Waals surface area contributed by atoms with E-state index in [9.17, 15) is 0 Å². The van der Waals surface area contributed by atoms with Crippen molar-refractivity contribution in [2.24, 2.45) is 0 Å². The number of fused-ring (bicyclic) bond motifs is 1. The molecule has 2 aliphatic rings. The van der Waals surface area contributed by atoms with E-state index in [1.54, 1.807) is 0 Å². The Morgan fingerprint density at radius 2 is 2.20 bits per heavy atom. The molecule has 1 aliphatic heterocycles. The van der Waals surface area contributed by atoms with Gasteiger partial charge in [0.1, 0.15) is 11.3 Å². The average molecular weight is 270 g/mol. The lowest BCUT2D eigenvalue weighted by atomic mass is 9.97. The number of likely N-dealkylation sites (tertiary alicyclic amines) is 1. The van der Waals surface area contributed by atoms with E-state index in [2.05, 4.69) is 27.4 Å². The van der Waals surface area contributed by atoms with Crippen molar-refractivity contribution < 1.29 is 0 Å². The van der Waals surface area contributed by atoms with Crippen LogP contribution in [-0.4, -0.2) is 39.1 Å². The third kappa shape index (κ3) is 2.03. The Kier molecular flexibility index (Phi) is 2.99. The van der Waals surface area contributed by atoms with Gasteiger partial charge >= 0.3 is 0 Å². The summed E-state index contributed by atoms with van der Waals surface area (Å²) >= 11 is 0. The number of pyridine rings is 1. The van der Waals surface area contributed by atoms with E-state index < -0.39 is 0 Å². The van der Waals surface area contributed by atoms with E-state index in [0.717, 1.165) is 24.3 Å². The van der Waals surface area contributed by atoms with Gasteiger partial charge < -0.3 is 9.47 Å². The van der Waals surface area contributed by atoms with Gasteiger partial charge in [-0.2, -0.15) is 0 Å². The molecule has 1 saturated heterocycles. The second-order valence-corrected chi connectivity index (χ2v) is 6.15. The molecule has 0 spiro atoms. The maximum Gasteiger partial charge on any atom is 0.160 e. The molecule has 0 amide bonds. The minimum atomic E-state index is 0.582. The molecule has 1 atom stereocenters. The van der Waals surface area contributed by atoms with Crippen molar-refractivity contribution in [3.63, 3.8) is 0 Å². The molecule has 0 bridgehead atoms. The highest BCUT2D eigenvalue weighted by Crippen LogP contribution is 2.41. The molecule has 106 valence electrons. The molecular weight excluding hydrogens is 248 g/mol. The molecule has 4 rings (SSSR count). The summed E-state index contributed by atoms with van der Waals surface area (Å²) in [7, 11) is 0. The fourth-order valence-corrected chi connectivity index (χ4v) is 3.48. The van der Waals surface area contributed by atoms with Crippen LogP contribution in [0, 0.1) is 0 Å². The maximum absolute atomic E-state index is 4.94. The predicted molar refractivity (Wildman–Crippen MR) is 79.9 cm³/mol. The Morgan fingerprint density at radius 3 is 3.00 bits per heavy atom. The number of rotatable bonds is 3. The van der Waals surface area contributed by atoms with E-state index in [-0.39, 0.29) is 0 Å². The molecule has 20 heavy (non-hydrogen) atoms.